The molecule has 0 spiro atoms. The SMILES string of the molecule is C=C/C=C(\C)n1cnc(C)c1. The molecule has 1 aromatic heterocycles. The Morgan fingerprint density at radius 1 is 1.73 bits per heavy atom. The second-order valence-corrected chi connectivity index (χ2v) is 2.47. The van der Waals surface area contributed by atoms with Gasteiger partial charge in [-0.3, -0.25) is 0 Å². The average molecular weight is 148 g/mol. The Morgan fingerprint density at radius 2 is 2.45 bits per heavy atom. The third-order valence-electron chi connectivity index (χ3n) is 1.48. The largest absolute Gasteiger partial charge is 0.310 e. The maximum absolute atomic E-state index is 4.11. The Labute approximate surface area is 66.9 Å². The van der Waals surface area contributed by atoms with E-state index in [2.05, 4.69) is 11.6 Å². The molecular weight excluding hydrogens is 136 g/mol. The summed E-state index contributed by atoms with van der Waals surface area (Å²) >= 11 is 0. The molecule has 58 valence electrons. The van der Waals surface area contributed by atoms with Crippen molar-refractivity contribution >= 4 is 5.70 Å². The summed E-state index contributed by atoms with van der Waals surface area (Å²) in [6.45, 7) is 7.61. The van der Waals surface area contributed by atoms with Gasteiger partial charge in [0.15, 0.2) is 0 Å². The maximum Gasteiger partial charge on any atom is 0.0992 e. The normalized spacial score (nSPS) is 11.6. The van der Waals surface area contributed by atoms with E-state index in [1.54, 1.807) is 12.4 Å². The molecule has 1 aromatic rings. The van der Waals surface area contributed by atoms with Crippen LogP contribution in [0.2, 0.25) is 0 Å². The van der Waals surface area contributed by atoms with E-state index in [1.165, 1.54) is 0 Å². The minimum atomic E-state index is 1.03. The van der Waals surface area contributed by atoms with Gasteiger partial charge in [-0.05, 0) is 19.9 Å². The van der Waals surface area contributed by atoms with Crippen LogP contribution in [0.25, 0.3) is 5.70 Å². The monoisotopic (exact) mass is 148 g/mol. The number of aryl methyl sites for hydroxylation is 1. The molecule has 0 fully saturated rings. The van der Waals surface area contributed by atoms with Gasteiger partial charge < -0.3 is 4.57 Å². The van der Waals surface area contributed by atoms with Gasteiger partial charge in [-0.15, -0.1) is 0 Å². The number of nitrogens with zero attached hydrogens (tertiary/aromatic N) is 2. The first-order valence-electron chi connectivity index (χ1n) is 3.54. The van der Waals surface area contributed by atoms with Crippen molar-refractivity contribution in [2.24, 2.45) is 0 Å². The summed E-state index contributed by atoms with van der Waals surface area (Å²) in [5.74, 6) is 0. The average Bonchev–Trinajstić information content (AvgIpc) is 2.36. The number of hydrogen-bond acceptors (Lipinski definition) is 1. The van der Waals surface area contributed by atoms with Gasteiger partial charge in [-0.2, -0.15) is 0 Å². The van der Waals surface area contributed by atoms with E-state index in [0.717, 1.165) is 11.4 Å². The molecule has 1 heterocycles. The number of rotatable bonds is 2. The van der Waals surface area contributed by atoms with E-state index >= 15 is 0 Å². The minimum absolute atomic E-state index is 1.03. The lowest BCUT2D eigenvalue weighted by Crippen LogP contribution is -1.87. The zero-order valence-corrected chi connectivity index (χ0v) is 6.91. The lowest BCUT2D eigenvalue weighted by Gasteiger charge is -1.97. The van der Waals surface area contributed by atoms with Crippen LogP contribution in [0.1, 0.15) is 12.6 Å². The van der Waals surface area contributed by atoms with Crippen molar-refractivity contribution in [2.45, 2.75) is 13.8 Å². The first kappa shape index (κ1) is 7.79. The van der Waals surface area contributed by atoms with Crippen molar-refractivity contribution in [1.29, 1.82) is 0 Å². The molecule has 0 aliphatic rings. The number of hydrogen-bond donors (Lipinski definition) is 0. The predicted octanol–water partition coefficient (Wildman–Crippen LogP) is 2.24. The lowest BCUT2D eigenvalue weighted by molar-refractivity contribution is 1.08. The molecule has 0 atom stereocenters. The second kappa shape index (κ2) is 3.19. The highest BCUT2D eigenvalue weighted by Crippen LogP contribution is 2.03. The molecule has 0 bridgehead atoms. The van der Waals surface area contributed by atoms with E-state index in [9.17, 15) is 0 Å². The topological polar surface area (TPSA) is 17.8 Å². The van der Waals surface area contributed by atoms with Crippen LogP contribution in [0.5, 0.6) is 0 Å². The Bertz CT molecular complexity index is 282. The Kier molecular flexibility index (Phi) is 2.26. The van der Waals surface area contributed by atoms with Gasteiger partial charge >= 0.3 is 0 Å². The fourth-order valence-corrected chi connectivity index (χ4v) is 0.871. The minimum Gasteiger partial charge on any atom is -0.310 e. The zero-order valence-electron chi connectivity index (χ0n) is 6.91. The highest BCUT2D eigenvalue weighted by Gasteiger charge is 1.92. The summed E-state index contributed by atoms with van der Waals surface area (Å²) < 4.78 is 1.97. The van der Waals surface area contributed by atoms with Gasteiger partial charge in [0.25, 0.3) is 0 Å². The lowest BCUT2D eigenvalue weighted by atomic mass is 10.4. The smallest absolute Gasteiger partial charge is 0.0992 e. The molecule has 0 amide bonds. The number of aromatic nitrogens is 2. The summed E-state index contributed by atoms with van der Waals surface area (Å²) in [5.41, 5.74) is 2.16. The molecule has 0 aromatic carbocycles. The van der Waals surface area contributed by atoms with Crippen molar-refractivity contribution in [3.05, 3.63) is 36.9 Å². The summed E-state index contributed by atoms with van der Waals surface area (Å²) in [6.07, 6.45) is 7.49. The first-order valence-corrected chi connectivity index (χ1v) is 3.54. The fourth-order valence-electron chi connectivity index (χ4n) is 0.871. The summed E-state index contributed by atoms with van der Waals surface area (Å²) in [7, 11) is 0. The first-order chi connectivity index (χ1) is 5.24. The van der Waals surface area contributed by atoms with E-state index in [4.69, 9.17) is 0 Å². The van der Waals surface area contributed by atoms with Crippen LogP contribution in [-0.4, -0.2) is 9.55 Å². The van der Waals surface area contributed by atoms with Gasteiger partial charge in [0.05, 0.1) is 12.0 Å². The number of allylic oxidation sites excluding steroid dienone is 3. The van der Waals surface area contributed by atoms with Crippen molar-refractivity contribution in [3.8, 4) is 0 Å². The van der Waals surface area contributed by atoms with Crippen LogP contribution in [0.15, 0.2) is 31.3 Å². The molecule has 0 saturated carbocycles. The maximum atomic E-state index is 4.11. The standard InChI is InChI=1S/C9H12N2/c1-4-5-9(3)11-6-8(2)10-7-11/h4-7H,1H2,2-3H3/b9-5+. The highest BCUT2D eigenvalue weighted by atomic mass is 15.0. The second-order valence-electron chi connectivity index (χ2n) is 2.47. The van der Waals surface area contributed by atoms with E-state index < -0.39 is 0 Å². The quantitative estimate of drug-likeness (QED) is 0.588. The van der Waals surface area contributed by atoms with E-state index in [-0.39, 0.29) is 0 Å². The third kappa shape index (κ3) is 1.80. The predicted molar refractivity (Wildman–Crippen MR) is 47.1 cm³/mol. The molecule has 0 N–H and O–H groups in total. The Morgan fingerprint density at radius 3 is 2.91 bits per heavy atom. The van der Waals surface area contributed by atoms with Crippen molar-refractivity contribution < 1.29 is 0 Å². The molecular formula is C9H12N2. The van der Waals surface area contributed by atoms with Gasteiger partial charge in [0.1, 0.15) is 0 Å². The molecule has 0 saturated heterocycles. The summed E-state index contributed by atoms with van der Waals surface area (Å²) in [4.78, 5) is 4.11. The Balaban J connectivity index is 2.93. The van der Waals surface area contributed by atoms with Crippen LogP contribution >= 0.6 is 0 Å². The molecule has 2 heteroatoms. The van der Waals surface area contributed by atoms with Gasteiger partial charge in [-0.25, -0.2) is 4.98 Å². The van der Waals surface area contributed by atoms with Gasteiger partial charge in [0.2, 0.25) is 0 Å². The van der Waals surface area contributed by atoms with Crippen LogP contribution in [0, 0.1) is 6.92 Å². The summed E-state index contributed by atoms with van der Waals surface area (Å²) in [5, 5.41) is 0. The van der Waals surface area contributed by atoms with Gasteiger partial charge in [0, 0.05) is 11.9 Å². The fraction of sp³-hybridized carbons (Fsp3) is 0.222. The van der Waals surface area contributed by atoms with Crippen LogP contribution in [0.4, 0.5) is 0 Å². The molecule has 0 radical (unpaired) electrons. The molecule has 2 nitrogen and oxygen atoms in total. The third-order valence-corrected chi connectivity index (χ3v) is 1.48. The zero-order chi connectivity index (χ0) is 8.27. The molecule has 0 aliphatic heterocycles. The van der Waals surface area contributed by atoms with Crippen molar-refractivity contribution in [1.82, 2.24) is 9.55 Å². The molecule has 0 unspecified atom stereocenters. The van der Waals surface area contributed by atoms with Crippen molar-refractivity contribution in [2.75, 3.05) is 0 Å². The van der Waals surface area contributed by atoms with E-state index in [0.29, 0.717) is 0 Å². The molecule has 1 rings (SSSR count). The molecule has 0 aliphatic carbocycles. The molecule has 11 heavy (non-hydrogen) atoms. The Hall–Kier alpha value is -1.31. The van der Waals surface area contributed by atoms with Crippen LogP contribution in [0.3, 0.4) is 0 Å². The summed E-state index contributed by atoms with van der Waals surface area (Å²) in [6, 6.07) is 0. The van der Waals surface area contributed by atoms with E-state index in [1.807, 2.05) is 30.7 Å². The number of imidazole rings is 1. The van der Waals surface area contributed by atoms with Crippen LogP contribution in [-0.2, 0) is 0 Å². The van der Waals surface area contributed by atoms with Gasteiger partial charge in [-0.1, -0.05) is 12.7 Å². The van der Waals surface area contributed by atoms with Crippen LogP contribution < -0.4 is 0 Å². The van der Waals surface area contributed by atoms with Crippen molar-refractivity contribution in [3.63, 3.8) is 0 Å². The highest BCUT2D eigenvalue weighted by molar-refractivity contribution is 5.44.